The second kappa shape index (κ2) is 9.28. The molecule has 1 fully saturated rings. The number of hydrogen-bond donors (Lipinski definition) is 1. The summed E-state index contributed by atoms with van der Waals surface area (Å²) in [5, 5.41) is 3.29. The van der Waals surface area contributed by atoms with Gasteiger partial charge in [0.1, 0.15) is 11.4 Å². The van der Waals surface area contributed by atoms with Gasteiger partial charge in [0.25, 0.3) is 5.91 Å². The molecule has 1 aliphatic heterocycles. The lowest BCUT2D eigenvalue weighted by Gasteiger charge is -2.18. The molecule has 0 aromatic heterocycles. The summed E-state index contributed by atoms with van der Waals surface area (Å²) in [7, 11) is 1.58. The number of para-hydroxylation sites is 2. The number of thiocarbonyl (C=S) groups is 1. The van der Waals surface area contributed by atoms with Crippen molar-refractivity contribution in [1.82, 2.24) is 5.32 Å². The molecule has 152 valence electrons. The summed E-state index contributed by atoms with van der Waals surface area (Å²) >= 11 is 8.90. The van der Waals surface area contributed by atoms with Crippen LogP contribution in [0.15, 0.2) is 46.6 Å². The molecule has 29 heavy (non-hydrogen) atoms. The highest BCUT2D eigenvalue weighted by Crippen LogP contribution is 2.37. The van der Waals surface area contributed by atoms with E-state index in [0.717, 1.165) is 10.0 Å². The molecule has 1 N–H and O–H groups in total. The zero-order chi connectivity index (χ0) is 21.0. The van der Waals surface area contributed by atoms with E-state index in [1.165, 1.54) is 4.90 Å². The monoisotopic (exact) mass is 476 g/mol. The Morgan fingerprint density at radius 3 is 2.52 bits per heavy atom. The number of carbonyl (C=O) groups is 1. The van der Waals surface area contributed by atoms with E-state index in [9.17, 15) is 4.79 Å². The minimum Gasteiger partial charge on any atom is -0.492 e. The number of methoxy groups -OCH3 is 1. The molecule has 0 atom stereocenters. The Hall–Kier alpha value is -2.58. The third-order valence-corrected chi connectivity index (χ3v) is 5.00. The molecule has 1 saturated heterocycles. The first-order chi connectivity index (χ1) is 14.0. The SMILES string of the molecule is CCOc1ccccc1N1C(=O)C(=Cc2cc(Br)c(OC)c(OCC)c2)NC1=S. The number of hydrogen-bond acceptors (Lipinski definition) is 5. The predicted octanol–water partition coefficient (Wildman–Crippen LogP) is 4.52. The number of carbonyl (C=O) groups excluding carboxylic acids is 1. The lowest BCUT2D eigenvalue weighted by atomic mass is 10.1. The van der Waals surface area contributed by atoms with Crippen molar-refractivity contribution in [2.24, 2.45) is 0 Å². The Bertz CT molecular complexity index is 977. The number of anilines is 1. The van der Waals surface area contributed by atoms with Gasteiger partial charge in [0.05, 0.1) is 30.5 Å². The van der Waals surface area contributed by atoms with Gasteiger partial charge in [-0.3, -0.25) is 4.79 Å². The molecule has 0 saturated carbocycles. The smallest absolute Gasteiger partial charge is 0.281 e. The van der Waals surface area contributed by atoms with Gasteiger partial charge in [-0.2, -0.15) is 0 Å². The molecular weight excluding hydrogens is 456 g/mol. The largest absolute Gasteiger partial charge is 0.492 e. The van der Waals surface area contributed by atoms with Crippen LogP contribution in [-0.4, -0.2) is 31.3 Å². The van der Waals surface area contributed by atoms with E-state index in [1.807, 2.05) is 44.2 Å². The fraction of sp³-hybridized carbons (Fsp3) is 0.238. The standard InChI is InChI=1S/C21H21BrN2O4S/c1-4-27-17-9-7-6-8-16(17)24-20(25)15(23-21(24)29)11-13-10-14(22)19(26-3)18(12-13)28-5-2/h6-12H,4-5H2,1-3H3,(H,23,29). The minimum absolute atomic E-state index is 0.257. The van der Waals surface area contributed by atoms with Crippen LogP contribution in [0.3, 0.4) is 0 Å². The number of nitrogens with zero attached hydrogens (tertiary/aromatic N) is 1. The highest BCUT2D eigenvalue weighted by molar-refractivity contribution is 9.10. The van der Waals surface area contributed by atoms with Gasteiger partial charge in [0.2, 0.25) is 0 Å². The van der Waals surface area contributed by atoms with Crippen molar-refractivity contribution in [3.63, 3.8) is 0 Å². The number of benzene rings is 2. The van der Waals surface area contributed by atoms with Crippen molar-refractivity contribution < 1.29 is 19.0 Å². The fourth-order valence-corrected chi connectivity index (χ4v) is 3.89. The van der Waals surface area contributed by atoms with Gasteiger partial charge >= 0.3 is 0 Å². The fourth-order valence-electron chi connectivity index (χ4n) is 2.97. The van der Waals surface area contributed by atoms with Crippen LogP contribution >= 0.6 is 28.1 Å². The highest BCUT2D eigenvalue weighted by atomic mass is 79.9. The van der Waals surface area contributed by atoms with Crippen LogP contribution in [0.5, 0.6) is 17.2 Å². The molecular formula is C21H21BrN2O4S. The van der Waals surface area contributed by atoms with Crippen LogP contribution in [0.1, 0.15) is 19.4 Å². The van der Waals surface area contributed by atoms with E-state index in [0.29, 0.717) is 47.0 Å². The molecule has 0 spiro atoms. The second-order valence-corrected chi connectivity index (χ2v) is 7.24. The van der Waals surface area contributed by atoms with Gasteiger partial charge in [-0.25, -0.2) is 4.90 Å². The molecule has 3 rings (SSSR count). The molecule has 0 aliphatic carbocycles. The van der Waals surface area contributed by atoms with E-state index in [4.69, 9.17) is 26.4 Å². The zero-order valence-electron chi connectivity index (χ0n) is 16.3. The Morgan fingerprint density at radius 1 is 1.14 bits per heavy atom. The summed E-state index contributed by atoms with van der Waals surface area (Å²) < 4.78 is 17.4. The van der Waals surface area contributed by atoms with Crippen molar-refractivity contribution in [2.75, 3.05) is 25.2 Å². The summed E-state index contributed by atoms with van der Waals surface area (Å²) in [4.78, 5) is 14.5. The van der Waals surface area contributed by atoms with Gasteiger partial charge in [0, 0.05) is 0 Å². The number of rotatable bonds is 7. The topological polar surface area (TPSA) is 60.0 Å². The van der Waals surface area contributed by atoms with Crippen LogP contribution in [0.2, 0.25) is 0 Å². The van der Waals surface area contributed by atoms with Crippen molar-refractivity contribution in [2.45, 2.75) is 13.8 Å². The predicted molar refractivity (Wildman–Crippen MR) is 121 cm³/mol. The third kappa shape index (κ3) is 4.38. The average Bonchev–Trinajstić information content (AvgIpc) is 2.96. The summed E-state index contributed by atoms with van der Waals surface area (Å²) in [6, 6.07) is 11.0. The van der Waals surface area contributed by atoms with Gasteiger partial charge in [-0.05, 0) is 77.9 Å². The first-order valence-corrected chi connectivity index (χ1v) is 10.3. The maximum absolute atomic E-state index is 13.1. The van der Waals surface area contributed by atoms with Crippen molar-refractivity contribution in [3.8, 4) is 17.2 Å². The third-order valence-electron chi connectivity index (χ3n) is 4.13. The van der Waals surface area contributed by atoms with Gasteiger partial charge < -0.3 is 19.5 Å². The lowest BCUT2D eigenvalue weighted by molar-refractivity contribution is -0.113. The van der Waals surface area contributed by atoms with Gasteiger partial charge in [0.15, 0.2) is 16.6 Å². The summed E-state index contributed by atoms with van der Waals surface area (Å²) in [5.74, 6) is 1.52. The van der Waals surface area contributed by atoms with Crippen LogP contribution in [0, 0.1) is 0 Å². The Kier molecular flexibility index (Phi) is 6.76. The number of halogens is 1. The van der Waals surface area contributed by atoms with Crippen LogP contribution in [0.25, 0.3) is 6.08 Å². The zero-order valence-corrected chi connectivity index (χ0v) is 18.7. The van der Waals surface area contributed by atoms with E-state index in [1.54, 1.807) is 19.3 Å². The summed E-state index contributed by atoms with van der Waals surface area (Å²) in [5.41, 5.74) is 1.73. The van der Waals surface area contributed by atoms with E-state index < -0.39 is 0 Å². The molecule has 1 heterocycles. The summed E-state index contributed by atoms with van der Waals surface area (Å²) in [6.45, 7) is 4.77. The number of ether oxygens (including phenoxy) is 3. The van der Waals surface area contributed by atoms with Crippen molar-refractivity contribution in [3.05, 3.63) is 52.1 Å². The lowest BCUT2D eigenvalue weighted by Crippen LogP contribution is -2.30. The van der Waals surface area contributed by atoms with E-state index >= 15 is 0 Å². The first-order valence-electron chi connectivity index (χ1n) is 9.09. The normalized spacial score (nSPS) is 14.9. The van der Waals surface area contributed by atoms with Crippen LogP contribution in [-0.2, 0) is 4.79 Å². The Balaban J connectivity index is 1.97. The molecule has 2 aromatic carbocycles. The van der Waals surface area contributed by atoms with Crippen LogP contribution < -0.4 is 24.4 Å². The average molecular weight is 477 g/mol. The second-order valence-electron chi connectivity index (χ2n) is 6.00. The molecule has 2 aromatic rings. The molecule has 0 radical (unpaired) electrons. The maximum Gasteiger partial charge on any atom is 0.281 e. The van der Waals surface area contributed by atoms with E-state index in [-0.39, 0.29) is 5.91 Å². The van der Waals surface area contributed by atoms with Gasteiger partial charge in [-0.1, -0.05) is 12.1 Å². The molecule has 1 amide bonds. The highest BCUT2D eigenvalue weighted by Gasteiger charge is 2.33. The molecule has 0 bridgehead atoms. The van der Waals surface area contributed by atoms with Crippen molar-refractivity contribution >= 4 is 50.9 Å². The van der Waals surface area contributed by atoms with Crippen LogP contribution in [0.4, 0.5) is 5.69 Å². The number of amides is 1. The molecule has 1 aliphatic rings. The summed E-state index contributed by atoms with van der Waals surface area (Å²) in [6.07, 6.45) is 1.73. The van der Waals surface area contributed by atoms with E-state index in [2.05, 4.69) is 21.2 Å². The minimum atomic E-state index is -0.257. The Labute approximate surface area is 183 Å². The molecule has 8 heteroatoms. The Morgan fingerprint density at radius 2 is 1.83 bits per heavy atom. The van der Waals surface area contributed by atoms with Gasteiger partial charge in [-0.15, -0.1) is 0 Å². The number of nitrogens with one attached hydrogen (secondary N) is 1. The maximum atomic E-state index is 13.1. The molecule has 0 unspecified atom stereocenters. The van der Waals surface area contributed by atoms with Crippen molar-refractivity contribution in [1.29, 1.82) is 0 Å². The molecule has 6 nitrogen and oxygen atoms in total. The quantitative estimate of drug-likeness (QED) is 0.468. The first kappa shape index (κ1) is 21.1.